The van der Waals surface area contributed by atoms with E-state index in [0.717, 1.165) is 12.2 Å². The van der Waals surface area contributed by atoms with E-state index in [0.29, 0.717) is 10.7 Å². The van der Waals surface area contributed by atoms with Crippen LogP contribution in [0.5, 0.6) is 0 Å². The van der Waals surface area contributed by atoms with Gasteiger partial charge in [0.1, 0.15) is 5.82 Å². The molecular formula is C6H10BrN3. The van der Waals surface area contributed by atoms with Crippen LogP contribution in [0.1, 0.15) is 19.7 Å². The lowest BCUT2D eigenvalue weighted by Crippen LogP contribution is -1.95. The Morgan fingerprint density at radius 1 is 1.50 bits per heavy atom. The van der Waals surface area contributed by atoms with Gasteiger partial charge < -0.3 is 4.98 Å². The van der Waals surface area contributed by atoms with Crippen molar-refractivity contribution in [1.29, 1.82) is 0 Å². The van der Waals surface area contributed by atoms with Gasteiger partial charge >= 0.3 is 0 Å². The van der Waals surface area contributed by atoms with Gasteiger partial charge in [0.25, 0.3) is 0 Å². The smallest absolute Gasteiger partial charge is 0.197 e. The maximum atomic E-state index is 3.90. The van der Waals surface area contributed by atoms with Gasteiger partial charge in [0.2, 0.25) is 0 Å². The first kappa shape index (κ1) is 7.72. The molecule has 0 aromatic carbocycles. The molecule has 0 aliphatic heterocycles. The zero-order valence-electron chi connectivity index (χ0n) is 6.06. The molecule has 0 aliphatic rings. The third-order valence-electron chi connectivity index (χ3n) is 1.11. The fourth-order valence-corrected chi connectivity index (χ4v) is 1.06. The Balaban J connectivity index is 2.58. The molecule has 56 valence electrons. The zero-order valence-corrected chi connectivity index (χ0v) is 7.64. The third kappa shape index (κ3) is 2.10. The van der Waals surface area contributed by atoms with Crippen LogP contribution < -0.4 is 0 Å². The van der Waals surface area contributed by atoms with Crippen LogP contribution in [0.4, 0.5) is 0 Å². The average molecular weight is 204 g/mol. The van der Waals surface area contributed by atoms with Crippen molar-refractivity contribution < 1.29 is 0 Å². The van der Waals surface area contributed by atoms with Crippen molar-refractivity contribution in [3.05, 3.63) is 10.6 Å². The van der Waals surface area contributed by atoms with E-state index in [-0.39, 0.29) is 0 Å². The highest BCUT2D eigenvalue weighted by Gasteiger charge is 2.01. The molecule has 0 amide bonds. The first-order chi connectivity index (χ1) is 4.68. The van der Waals surface area contributed by atoms with Gasteiger partial charge in [-0.1, -0.05) is 13.8 Å². The van der Waals surface area contributed by atoms with Gasteiger partial charge in [0.15, 0.2) is 4.73 Å². The molecule has 0 saturated carbocycles. The minimum atomic E-state index is 0.625. The summed E-state index contributed by atoms with van der Waals surface area (Å²) < 4.78 is 0.711. The first-order valence-electron chi connectivity index (χ1n) is 3.25. The minimum Gasteiger partial charge on any atom is -0.320 e. The van der Waals surface area contributed by atoms with E-state index in [1.54, 1.807) is 0 Å². The van der Waals surface area contributed by atoms with Crippen LogP contribution in [0.15, 0.2) is 4.73 Å². The second kappa shape index (κ2) is 3.14. The van der Waals surface area contributed by atoms with Crippen LogP contribution in [0.25, 0.3) is 0 Å². The lowest BCUT2D eigenvalue weighted by Gasteiger charge is -1.97. The Morgan fingerprint density at radius 3 is 2.60 bits per heavy atom. The lowest BCUT2D eigenvalue weighted by molar-refractivity contribution is 0.622. The fraction of sp³-hybridized carbons (Fsp3) is 0.667. The summed E-state index contributed by atoms with van der Waals surface area (Å²) in [6.07, 6.45) is 0.957. The molecule has 1 heterocycles. The third-order valence-corrected chi connectivity index (χ3v) is 1.46. The number of aromatic nitrogens is 3. The Hall–Kier alpha value is -0.380. The highest BCUT2D eigenvalue weighted by molar-refractivity contribution is 9.10. The Labute approximate surface area is 68.4 Å². The van der Waals surface area contributed by atoms with E-state index >= 15 is 0 Å². The molecule has 0 bridgehead atoms. The second-order valence-electron chi connectivity index (χ2n) is 2.66. The first-order valence-corrected chi connectivity index (χ1v) is 4.05. The number of nitrogens with zero attached hydrogens (tertiary/aromatic N) is 2. The van der Waals surface area contributed by atoms with E-state index < -0.39 is 0 Å². The van der Waals surface area contributed by atoms with E-state index in [9.17, 15) is 0 Å². The van der Waals surface area contributed by atoms with Gasteiger partial charge in [-0.25, -0.2) is 0 Å². The summed E-state index contributed by atoms with van der Waals surface area (Å²) in [5, 5.41) is 7.68. The standard InChI is InChI=1S/C6H10BrN3/c1-4(2)3-5-8-6(7)10-9-5/h4H,3H2,1-2H3,(H,8,9,10). The number of hydrogen-bond acceptors (Lipinski definition) is 2. The average Bonchev–Trinajstić information content (AvgIpc) is 2.13. The molecule has 1 aromatic rings. The van der Waals surface area contributed by atoms with Crippen molar-refractivity contribution in [2.75, 3.05) is 0 Å². The maximum absolute atomic E-state index is 3.90. The van der Waals surface area contributed by atoms with Crippen LogP contribution in [-0.4, -0.2) is 15.2 Å². The molecule has 0 spiro atoms. The minimum absolute atomic E-state index is 0.625. The van der Waals surface area contributed by atoms with Gasteiger partial charge in [-0.2, -0.15) is 0 Å². The number of hydrogen-bond donors (Lipinski definition) is 1. The monoisotopic (exact) mass is 203 g/mol. The molecule has 3 nitrogen and oxygen atoms in total. The molecule has 0 saturated heterocycles. The SMILES string of the molecule is CC(C)Cc1nnc(Br)[nH]1. The summed E-state index contributed by atoms with van der Waals surface area (Å²) in [5.41, 5.74) is 0. The summed E-state index contributed by atoms with van der Waals surface area (Å²) in [5.74, 6) is 1.57. The summed E-state index contributed by atoms with van der Waals surface area (Å²) in [6.45, 7) is 4.30. The van der Waals surface area contributed by atoms with Crippen molar-refractivity contribution in [1.82, 2.24) is 15.2 Å². The predicted octanol–water partition coefficient (Wildman–Crippen LogP) is 1.77. The normalized spacial score (nSPS) is 10.8. The second-order valence-corrected chi connectivity index (χ2v) is 3.41. The number of nitrogens with one attached hydrogen (secondary N) is 1. The van der Waals surface area contributed by atoms with Gasteiger partial charge in [-0.05, 0) is 21.8 Å². The molecule has 0 atom stereocenters. The summed E-state index contributed by atoms with van der Waals surface area (Å²) in [4.78, 5) is 3.00. The van der Waals surface area contributed by atoms with Crippen LogP contribution in [-0.2, 0) is 6.42 Å². The van der Waals surface area contributed by atoms with Crippen LogP contribution in [0.2, 0.25) is 0 Å². The quantitative estimate of drug-likeness (QED) is 0.797. The molecule has 0 aliphatic carbocycles. The van der Waals surface area contributed by atoms with Gasteiger partial charge in [-0.15, -0.1) is 10.2 Å². The maximum Gasteiger partial charge on any atom is 0.197 e. The Bertz CT molecular complexity index is 207. The van der Waals surface area contributed by atoms with Gasteiger partial charge in [-0.3, -0.25) is 0 Å². The fourth-order valence-electron chi connectivity index (χ4n) is 0.752. The topological polar surface area (TPSA) is 41.6 Å². The van der Waals surface area contributed by atoms with Crippen molar-refractivity contribution in [2.45, 2.75) is 20.3 Å². The number of halogens is 1. The molecule has 1 N–H and O–H groups in total. The van der Waals surface area contributed by atoms with Crippen molar-refractivity contribution >= 4 is 15.9 Å². The molecular weight excluding hydrogens is 194 g/mol. The van der Waals surface area contributed by atoms with Gasteiger partial charge in [0.05, 0.1) is 0 Å². The molecule has 10 heavy (non-hydrogen) atoms. The number of rotatable bonds is 2. The van der Waals surface area contributed by atoms with Crippen molar-refractivity contribution in [3.63, 3.8) is 0 Å². The van der Waals surface area contributed by atoms with E-state index in [1.165, 1.54) is 0 Å². The van der Waals surface area contributed by atoms with E-state index in [4.69, 9.17) is 0 Å². The highest BCUT2D eigenvalue weighted by Crippen LogP contribution is 2.05. The number of H-pyrrole nitrogens is 1. The van der Waals surface area contributed by atoms with Crippen LogP contribution in [0.3, 0.4) is 0 Å². The molecule has 0 fully saturated rings. The zero-order chi connectivity index (χ0) is 7.56. The molecule has 4 heteroatoms. The Morgan fingerprint density at radius 2 is 2.20 bits per heavy atom. The number of aromatic amines is 1. The molecule has 1 aromatic heterocycles. The van der Waals surface area contributed by atoms with Crippen molar-refractivity contribution in [2.24, 2.45) is 5.92 Å². The summed E-state index contributed by atoms with van der Waals surface area (Å²) in [6, 6.07) is 0. The lowest BCUT2D eigenvalue weighted by atomic mass is 10.1. The van der Waals surface area contributed by atoms with E-state index in [1.807, 2.05) is 0 Å². The van der Waals surface area contributed by atoms with Crippen LogP contribution >= 0.6 is 15.9 Å². The predicted molar refractivity (Wildman–Crippen MR) is 42.6 cm³/mol. The van der Waals surface area contributed by atoms with Gasteiger partial charge in [0, 0.05) is 6.42 Å². The van der Waals surface area contributed by atoms with Crippen LogP contribution in [0, 0.1) is 5.92 Å². The Kier molecular flexibility index (Phi) is 2.43. The largest absolute Gasteiger partial charge is 0.320 e. The summed E-state index contributed by atoms with van der Waals surface area (Å²) in [7, 11) is 0. The highest BCUT2D eigenvalue weighted by atomic mass is 79.9. The molecule has 0 radical (unpaired) electrons. The molecule has 0 unspecified atom stereocenters. The summed E-state index contributed by atoms with van der Waals surface area (Å²) >= 11 is 3.19. The van der Waals surface area contributed by atoms with Crippen molar-refractivity contribution in [3.8, 4) is 0 Å². The molecule has 1 rings (SSSR count). The van der Waals surface area contributed by atoms with E-state index in [2.05, 4.69) is 45.0 Å².